The third-order valence-corrected chi connectivity index (χ3v) is 2.65. The molecule has 1 saturated heterocycles. The third-order valence-electron chi connectivity index (χ3n) is 2.65. The molecule has 1 rings (SSSR count). The maximum Gasteiger partial charge on any atom is 0.315 e. The van der Waals surface area contributed by atoms with Crippen LogP contribution in [0, 0.1) is 16.2 Å². The third kappa shape index (κ3) is 3.22. The van der Waals surface area contributed by atoms with Crippen LogP contribution in [0.4, 0.5) is 0 Å². The summed E-state index contributed by atoms with van der Waals surface area (Å²) in [5.74, 6) is 0.00681. The van der Waals surface area contributed by atoms with E-state index in [2.05, 4.69) is 41.5 Å². The Balaban J connectivity index is 2.77. The SMILES string of the molecule is CC(C)(C)CC1(CC(C)(C)C)COC1=O. The number of rotatable bonds is 2. The maximum atomic E-state index is 11.7. The molecule has 2 heteroatoms. The first-order valence-corrected chi connectivity index (χ1v) is 5.71. The smallest absolute Gasteiger partial charge is 0.315 e. The molecule has 0 aromatic heterocycles. The van der Waals surface area contributed by atoms with Crippen molar-refractivity contribution in [3.63, 3.8) is 0 Å². The first-order chi connectivity index (χ1) is 6.54. The van der Waals surface area contributed by atoms with Crippen molar-refractivity contribution in [3.8, 4) is 0 Å². The summed E-state index contributed by atoms with van der Waals surface area (Å²) in [5.41, 5.74) is 0.159. The molecule has 0 aliphatic carbocycles. The van der Waals surface area contributed by atoms with Crippen molar-refractivity contribution in [1.82, 2.24) is 0 Å². The molecule has 1 fully saturated rings. The molecule has 1 aliphatic heterocycles. The lowest BCUT2D eigenvalue weighted by molar-refractivity contribution is -0.194. The number of ether oxygens (including phenoxy) is 1. The Kier molecular flexibility index (Phi) is 2.92. The molecular weight excluding hydrogens is 188 g/mol. The number of carbonyl (C=O) groups excluding carboxylic acids is 1. The minimum absolute atomic E-state index is 0.00681. The van der Waals surface area contributed by atoms with Crippen LogP contribution in [-0.4, -0.2) is 12.6 Å². The van der Waals surface area contributed by atoms with Gasteiger partial charge in [-0.15, -0.1) is 0 Å². The van der Waals surface area contributed by atoms with E-state index < -0.39 is 0 Å². The Morgan fingerprint density at radius 3 is 1.60 bits per heavy atom. The van der Waals surface area contributed by atoms with Gasteiger partial charge in [-0.1, -0.05) is 41.5 Å². The van der Waals surface area contributed by atoms with Crippen molar-refractivity contribution in [2.45, 2.75) is 54.4 Å². The molecule has 0 amide bonds. The van der Waals surface area contributed by atoms with Crippen LogP contribution in [0.3, 0.4) is 0 Å². The largest absolute Gasteiger partial charge is 0.464 e. The van der Waals surface area contributed by atoms with Gasteiger partial charge in [0.1, 0.15) is 12.0 Å². The standard InChI is InChI=1S/C13H24O2/c1-11(2,3)7-13(8-12(4,5)6)9-15-10(13)14/h7-9H2,1-6H3. The van der Waals surface area contributed by atoms with Gasteiger partial charge in [-0.05, 0) is 23.7 Å². The van der Waals surface area contributed by atoms with E-state index in [9.17, 15) is 4.79 Å². The molecule has 0 aromatic carbocycles. The van der Waals surface area contributed by atoms with Gasteiger partial charge in [-0.2, -0.15) is 0 Å². The van der Waals surface area contributed by atoms with Crippen LogP contribution < -0.4 is 0 Å². The molecule has 0 bridgehead atoms. The van der Waals surface area contributed by atoms with Crippen LogP contribution in [0.2, 0.25) is 0 Å². The Morgan fingerprint density at radius 2 is 1.47 bits per heavy atom. The minimum Gasteiger partial charge on any atom is -0.464 e. The monoisotopic (exact) mass is 212 g/mol. The zero-order valence-electron chi connectivity index (χ0n) is 10.9. The summed E-state index contributed by atoms with van der Waals surface area (Å²) in [5, 5.41) is 0. The van der Waals surface area contributed by atoms with Crippen molar-refractivity contribution in [1.29, 1.82) is 0 Å². The van der Waals surface area contributed by atoms with Gasteiger partial charge in [0.2, 0.25) is 0 Å². The highest BCUT2D eigenvalue weighted by atomic mass is 16.6. The molecule has 1 heterocycles. The second-order valence-electron chi connectivity index (χ2n) is 7.33. The summed E-state index contributed by atoms with van der Waals surface area (Å²) in [6, 6.07) is 0. The van der Waals surface area contributed by atoms with E-state index in [-0.39, 0.29) is 22.2 Å². The van der Waals surface area contributed by atoms with Gasteiger partial charge in [-0.3, -0.25) is 4.79 Å². The first-order valence-electron chi connectivity index (χ1n) is 5.71. The molecule has 0 radical (unpaired) electrons. The highest BCUT2D eigenvalue weighted by Crippen LogP contribution is 2.47. The maximum absolute atomic E-state index is 11.7. The zero-order chi connectivity index (χ0) is 11.9. The Bertz CT molecular complexity index is 237. The Morgan fingerprint density at radius 1 is 1.07 bits per heavy atom. The molecule has 88 valence electrons. The zero-order valence-corrected chi connectivity index (χ0v) is 10.9. The topological polar surface area (TPSA) is 26.3 Å². The highest BCUT2D eigenvalue weighted by molar-refractivity contribution is 5.82. The molecule has 1 aliphatic rings. The second kappa shape index (κ2) is 3.50. The van der Waals surface area contributed by atoms with Gasteiger partial charge in [0.25, 0.3) is 0 Å². The molecule has 2 nitrogen and oxygen atoms in total. The number of carbonyl (C=O) groups is 1. The van der Waals surface area contributed by atoms with Gasteiger partial charge in [0, 0.05) is 0 Å². The van der Waals surface area contributed by atoms with Crippen molar-refractivity contribution in [3.05, 3.63) is 0 Å². The second-order valence-corrected chi connectivity index (χ2v) is 7.33. The van der Waals surface area contributed by atoms with Gasteiger partial charge >= 0.3 is 5.97 Å². The molecule has 15 heavy (non-hydrogen) atoms. The summed E-state index contributed by atoms with van der Waals surface area (Å²) >= 11 is 0. The molecule has 0 saturated carbocycles. The summed E-state index contributed by atoms with van der Waals surface area (Å²) < 4.78 is 5.00. The Hall–Kier alpha value is -0.530. The average Bonchev–Trinajstić information content (AvgIpc) is 1.95. The van der Waals surface area contributed by atoms with Crippen molar-refractivity contribution in [2.75, 3.05) is 6.61 Å². The van der Waals surface area contributed by atoms with Crippen molar-refractivity contribution in [2.24, 2.45) is 16.2 Å². The lowest BCUT2D eigenvalue weighted by Gasteiger charge is -2.46. The number of esters is 1. The van der Waals surface area contributed by atoms with E-state index in [0.29, 0.717) is 6.61 Å². The van der Waals surface area contributed by atoms with Crippen LogP contribution >= 0.6 is 0 Å². The fourth-order valence-electron chi connectivity index (χ4n) is 2.67. The quantitative estimate of drug-likeness (QED) is 0.656. The first kappa shape index (κ1) is 12.5. The van der Waals surface area contributed by atoms with E-state index in [1.165, 1.54) is 0 Å². The fraction of sp³-hybridized carbons (Fsp3) is 0.923. The predicted octanol–water partition coefficient (Wildman–Crippen LogP) is 3.40. The van der Waals surface area contributed by atoms with Gasteiger partial charge < -0.3 is 4.74 Å². The van der Waals surface area contributed by atoms with Crippen LogP contribution in [0.25, 0.3) is 0 Å². The highest BCUT2D eigenvalue weighted by Gasteiger charge is 2.52. The molecule has 0 unspecified atom stereocenters. The summed E-state index contributed by atoms with van der Waals surface area (Å²) in [4.78, 5) is 11.7. The van der Waals surface area contributed by atoms with Crippen LogP contribution in [0.1, 0.15) is 54.4 Å². The van der Waals surface area contributed by atoms with Gasteiger partial charge in [0.05, 0.1) is 0 Å². The van der Waals surface area contributed by atoms with Gasteiger partial charge in [0.15, 0.2) is 0 Å². The van der Waals surface area contributed by atoms with E-state index >= 15 is 0 Å². The molecule has 0 spiro atoms. The predicted molar refractivity (Wildman–Crippen MR) is 61.5 cm³/mol. The van der Waals surface area contributed by atoms with Gasteiger partial charge in [-0.25, -0.2) is 0 Å². The lowest BCUT2D eigenvalue weighted by atomic mass is 9.65. The number of hydrogen-bond acceptors (Lipinski definition) is 2. The molecule has 0 aromatic rings. The van der Waals surface area contributed by atoms with E-state index in [1.54, 1.807) is 0 Å². The average molecular weight is 212 g/mol. The van der Waals surface area contributed by atoms with Crippen LogP contribution in [0.5, 0.6) is 0 Å². The summed E-state index contributed by atoms with van der Waals surface area (Å²) in [7, 11) is 0. The fourth-order valence-corrected chi connectivity index (χ4v) is 2.67. The van der Waals surface area contributed by atoms with Crippen LogP contribution in [-0.2, 0) is 9.53 Å². The summed E-state index contributed by atoms with van der Waals surface area (Å²) in [6.45, 7) is 13.7. The van der Waals surface area contributed by atoms with E-state index in [4.69, 9.17) is 4.74 Å². The minimum atomic E-state index is -0.212. The molecule has 0 atom stereocenters. The van der Waals surface area contributed by atoms with E-state index in [0.717, 1.165) is 12.8 Å². The molecule has 0 N–H and O–H groups in total. The molecular formula is C13H24O2. The number of hydrogen-bond donors (Lipinski definition) is 0. The summed E-state index contributed by atoms with van der Waals surface area (Å²) in [6.07, 6.45) is 1.85. The van der Waals surface area contributed by atoms with Crippen LogP contribution in [0.15, 0.2) is 0 Å². The van der Waals surface area contributed by atoms with E-state index in [1.807, 2.05) is 0 Å². The Labute approximate surface area is 93.4 Å². The lowest BCUT2D eigenvalue weighted by Crippen LogP contribution is -2.52. The van der Waals surface area contributed by atoms with Crippen molar-refractivity contribution >= 4 is 5.97 Å². The normalized spacial score (nSPS) is 20.8. The van der Waals surface area contributed by atoms with Crippen molar-refractivity contribution < 1.29 is 9.53 Å². The number of cyclic esters (lactones) is 1.